The summed E-state index contributed by atoms with van der Waals surface area (Å²) >= 11 is 13.2. The molecule has 0 saturated carbocycles. The highest BCUT2D eigenvalue weighted by Gasteiger charge is 2.16. The Balaban J connectivity index is 1.65. The number of halogens is 2. The molecule has 8 heteroatoms. The van der Waals surface area contributed by atoms with Gasteiger partial charge < -0.3 is 10.2 Å². The van der Waals surface area contributed by atoms with Crippen LogP contribution in [0.5, 0.6) is 0 Å². The number of benzene rings is 2. The first-order chi connectivity index (χ1) is 11.9. The number of nitrogens with one attached hydrogen (secondary N) is 1. The van der Waals surface area contributed by atoms with Gasteiger partial charge in [-0.2, -0.15) is 0 Å². The summed E-state index contributed by atoms with van der Waals surface area (Å²) in [5, 5.41) is 3.45. The van der Waals surface area contributed by atoms with E-state index in [9.17, 15) is 9.59 Å². The van der Waals surface area contributed by atoms with E-state index >= 15 is 0 Å². The highest BCUT2D eigenvalue weighted by atomic mass is 35.5. The van der Waals surface area contributed by atoms with Crippen molar-refractivity contribution in [3.8, 4) is 0 Å². The molecule has 0 aliphatic carbocycles. The molecule has 2 aromatic carbocycles. The van der Waals surface area contributed by atoms with Gasteiger partial charge in [0, 0.05) is 18.3 Å². The second-order valence-electron chi connectivity index (χ2n) is 5.37. The van der Waals surface area contributed by atoms with E-state index in [2.05, 4.69) is 10.3 Å². The van der Waals surface area contributed by atoms with Crippen molar-refractivity contribution in [3.05, 3.63) is 57.5 Å². The van der Waals surface area contributed by atoms with Crippen LogP contribution in [0.15, 0.2) is 41.9 Å². The Morgan fingerprint density at radius 1 is 1.16 bits per heavy atom. The van der Waals surface area contributed by atoms with Gasteiger partial charge in [0.2, 0.25) is 5.91 Å². The standard InChI is InChI=1S/C17H13Cl2N3O2S/c1-22(8-16(23)21-11-3-4-12(18)13(19)7-11)17(24)10-2-5-14-15(6-10)25-9-20-14/h2-7,9H,8H2,1H3,(H,21,23). The average Bonchev–Trinajstić information content (AvgIpc) is 3.05. The van der Waals surface area contributed by atoms with Gasteiger partial charge in [-0.25, -0.2) is 4.98 Å². The van der Waals surface area contributed by atoms with Gasteiger partial charge in [0.15, 0.2) is 0 Å². The Hall–Kier alpha value is -2.15. The molecule has 0 aliphatic heterocycles. The monoisotopic (exact) mass is 393 g/mol. The van der Waals surface area contributed by atoms with Crippen molar-refractivity contribution in [1.29, 1.82) is 0 Å². The second-order valence-corrected chi connectivity index (χ2v) is 7.07. The lowest BCUT2D eigenvalue weighted by molar-refractivity contribution is -0.116. The van der Waals surface area contributed by atoms with Crippen molar-refractivity contribution in [2.24, 2.45) is 0 Å². The zero-order chi connectivity index (χ0) is 18.0. The smallest absolute Gasteiger partial charge is 0.254 e. The van der Waals surface area contributed by atoms with Crippen molar-refractivity contribution in [3.63, 3.8) is 0 Å². The largest absolute Gasteiger partial charge is 0.332 e. The fraction of sp³-hybridized carbons (Fsp3) is 0.118. The van der Waals surface area contributed by atoms with E-state index in [-0.39, 0.29) is 18.4 Å². The third-order valence-electron chi connectivity index (χ3n) is 3.51. The molecule has 0 bridgehead atoms. The molecule has 0 spiro atoms. The molecule has 0 aliphatic rings. The Morgan fingerprint density at radius 3 is 2.72 bits per heavy atom. The van der Waals surface area contributed by atoms with E-state index in [4.69, 9.17) is 23.2 Å². The first-order valence-corrected chi connectivity index (χ1v) is 8.91. The summed E-state index contributed by atoms with van der Waals surface area (Å²) in [6.45, 7) is -0.0835. The molecule has 0 atom stereocenters. The number of rotatable bonds is 4. The number of fused-ring (bicyclic) bond motifs is 1. The second kappa shape index (κ2) is 7.39. The molecule has 128 valence electrons. The number of likely N-dealkylation sites (N-methyl/N-ethyl adjacent to an activating group) is 1. The van der Waals surface area contributed by atoms with Crippen LogP contribution in [0, 0.1) is 0 Å². The van der Waals surface area contributed by atoms with Gasteiger partial charge in [0.05, 0.1) is 32.3 Å². The summed E-state index contributed by atoms with van der Waals surface area (Å²) in [5.41, 5.74) is 3.61. The van der Waals surface area contributed by atoms with Crippen molar-refractivity contribution >= 4 is 62.3 Å². The van der Waals surface area contributed by atoms with E-state index in [1.54, 1.807) is 49.0 Å². The van der Waals surface area contributed by atoms with E-state index in [0.29, 0.717) is 21.3 Å². The quantitative estimate of drug-likeness (QED) is 0.717. The molecule has 0 fully saturated rings. The van der Waals surface area contributed by atoms with E-state index in [1.165, 1.54) is 16.2 Å². The molecule has 1 heterocycles. The normalized spacial score (nSPS) is 10.7. The molecule has 25 heavy (non-hydrogen) atoms. The van der Waals surface area contributed by atoms with Crippen LogP contribution in [0.4, 0.5) is 5.69 Å². The van der Waals surface area contributed by atoms with Crippen LogP contribution in [0.3, 0.4) is 0 Å². The number of amides is 2. The Labute approximate surface area is 158 Å². The van der Waals surface area contributed by atoms with Gasteiger partial charge in [0.25, 0.3) is 5.91 Å². The number of anilines is 1. The first kappa shape index (κ1) is 17.7. The van der Waals surface area contributed by atoms with Gasteiger partial charge in [0.1, 0.15) is 0 Å². The van der Waals surface area contributed by atoms with Gasteiger partial charge in [-0.15, -0.1) is 11.3 Å². The fourth-order valence-electron chi connectivity index (χ4n) is 2.27. The third kappa shape index (κ3) is 4.10. The van der Waals surface area contributed by atoms with Crippen LogP contribution in [0.2, 0.25) is 10.0 Å². The van der Waals surface area contributed by atoms with Crippen LogP contribution in [-0.4, -0.2) is 35.3 Å². The molecule has 2 amide bonds. The number of carbonyl (C=O) groups is 2. The summed E-state index contributed by atoms with van der Waals surface area (Å²) in [5.74, 6) is -0.562. The SMILES string of the molecule is CN(CC(=O)Nc1ccc(Cl)c(Cl)c1)C(=O)c1ccc2ncsc2c1. The maximum Gasteiger partial charge on any atom is 0.254 e. The minimum Gasteiger partial charge on any atom is -0.332 e. The fourth-order valence-corrected chi connectivity index (χ4v) is 3.28. The first-order valence-electron chi connectivity index (χ1n) is 7.27. The summed E-state index contributed by atoms with van der Waals surface area (Å²) in [6, 6.07) is 10.1. The molecule has 0 unspecified atom stereocenters. The summed E-state index contributed by atoms with van der Waals surface area (Å²) < 4.78 is 0.930. The number of hydrogen-bond donors (Lipinski definition) is 1. The lowest BCUT2D eigenvalue weighted by Crippen LogP contribution is -2.34. The highest BCUT2D eigenvalue weighted by molar-refractivity contribution is 7.16. The number of aromatic nitrogens is 1. The molecular weight excluding hydrogens is 381 g/mol. The number of thiazole rings is 1. The van der Waals surface area contributed by atoms with Crippen LogP contribution in [0.1, 0.15) is 10.4 Å². The minimum atomic E-state index is -0.326. The van der Waals surface area contributed by atoms with E-state index in [0.717, 1.165) is 10.2 Å². The molecular formula is C17H13Cl2N3O2S. The zero-order valence-corrected chi connectivity index (χ0v) is 15.5. The van der Waals surface area contributed by atoms with Crippen molar-refractivity contribution < 1.29 is 9.59 Å². The molecule has 5 nitrogen and oxygen atoms in total. The minimum absolute atomic E-state index is 0.0835. The van der Waals surface area contributed by atoms with Crippen LogP contribution >= 0.6 is 34.5 Å². The van der Waals surface area contributed by atoms with Gasteiger partial charge in [-0.05, 0) is 36.4 Å². The lowest BCUT2D eigenvalue weighted by Gasteiger charge is -2.17. The van der Waals surface area contributed by atoms with E-state index < -0.39 is 0 Å². The summed E-state index contributed by atoms with van der Waals surface area (Å²) in [4.78, 5) is 30.2. The summed E-state index contributed by atoms with van der Waals surface area (Å²) in [6.07, 6.45) is 0. The number of carbonyl (C=O) groups excluding carboxylic acids is 2. The van der Waals surface area contributed by atoms with Crippen molar-refractivity contribution in [1.82, 2.24) is 9.88 Å². The third-order valence-corrected chi connectivity index (χ3v) is 5.04. The highest BCUT2D eigenvalue weighted by Crippen LogP contribution is 2.25. The molecule has 3 aromatic rings. The molecule has 0 radical (unpaired) electrons. The average molecular weight is 394 g/mol. The van der Waals surface area contributed by atoms with E-state index in [1.807, 2.05) is 0 Å². The maximum atomic E-state index is 12.5. The van der Waals surface area contributed by atoms with Gasteiger partial charge in [-0.3, -0.25) is 9.59 Å². The predicted molar refractivity (Wildman–Crippen MR) is 102 cm³/mol. The van der Waals surface area contributed by atoms with Gasteiger partial charge in [-0.1, -0.05) is 23.2 Å². The van der Waals surface area contributed by atoms with Gasteiger partial charge >= 0.3 is 0 Å². The predicted octanol–water partition coefficient (Wildman–Crippen LogP) is 4.31. The Kier molecular flexibility index (Phi) is 5.22. The lowest BCUT2D eigenvalue weighted by atomic mass is 10.2. The molecule has 1 aromatic heterocycles. The summed E-state index contributed by atoms with van der Waals surface area (Å²) in [7, 11) is 1.58. The number of hydrogen-bond acceptors (Lipinski definition) is 4. The van der Waals surface area contributed by atoms with Crippen molar-refractivity contribution in [2.75, 3.05) is 18.9 Å². The molecule has 1 N–H and O–H groups in total. The van der Waals surface area contributed by atoms with Crippen LogP contribution < -0.4 is 5.32 Å². The van der Waals surface area contributed by atoms with Crippen molar-refractivity contribution in [2.45, 2.75) is 0 Å². The van der Waals surface area contributed by atoms with Crippen LogP contribution in [0.25, 0.3) is 10.2 Å². The maximum absolute atomic E-state index is 12.5. The Bertz CT molecular complexity index is 958. The Morgan fingerprint density at radius 2 is 1.96 bits per heavy atom. The molecule has 0 saturated heterocycles. The zero-order valence-electron chi connectivity index (χ0n) is 13.1. The van der Waals surface area contributed by atoms with Crippen LogP contribution in [-0.2, 0) is 4.79 Å². The topological polar surface area (TPSA) is 62.3 Å². The number of nitrogens with zero attached hydrogens (tertiary/aromatic N) is 2. The molecule has 3 rings (SSSR count).